The molecule has 2 amide bonds. The van der Waals surface area contributed by atoms with Gasteiger partial charge in [-0.1, -0.05) is 19.9 Å². The maximum absolute atomic E-state index is 12.2. The second-order valence-electron chi connectivity index (χ2n) is 6.35. The van der Waals surface area contributed by atoms with E-state index >= 15 is 0 Å². The maximum atomic E-state index is 12.2. The van der Waals surface area contributed by atoms with Crippen molar-refractivity contribution < 1.29 is 19.1 Å². The predicted molar refractivity (Wildman–Crippen MR) is 91.8 cm³/mol. The van der Waals surface area contributed by atoms with Gasteiger partial charge in [0.25, 0.3) is 11.8 Å². The molecule has 24 heavy (non-hydrogen) atoms. The number of thiophene rings is 1. The Morgan fingerprint density at radius 3 is 2.62 bits per heavy atom. The third-order valence-corrected chi connectivity index (χ3v) is 4.76. The van der Waals surface area contributed by atoms with Crippen molar-refractivity contribution >= 4 is 29.1 Å². The molecular formula is C17H24N2O4S. The minimum absolute atomic E-state index is 0.0184. The van der Waals surface area contributed by atoms with Crippen LogP contribution in [0.25, 0.3) is 0 Å². The first kappa shape index (κ1) is 18.4. The Hall–Kier alpha value is -1.89. The van der Waals surface area contributed by atoms with Crippen molar-refractivity contribution in [3.05, 3.63) is 22.4 Å². The quantitative estimate of drug-likeness (QED) is 0.794. The minimum Gasteiger partial charge on any atom is -0.455 e. The average Bonchev–Trinajstić information content (AvgIpc) is 3.11. The van der Waals surface area contributed by atoms with Crippen LogP contribution < -0.4 is 5.32 Å². The van der Waals surface area contributed by atoms with Gasteiger partial charge in [-0.3, -0.25) is 14.4 Å². The highest BCUT2D eigenvalue weighted by Crippen LogP contribution is 2.21. The summed E-state index contributed by atoms with van der Waals surface area (Å²) in [6, 6.07) is 3.66. The van der Waals surface area contributed by atoms with E-state index in [0.29, 0.717) is 38.4 Å². The fraction of sp³-hybridized carbons (Fsp3) is 0.588. The Labute approximate surface area is 146 Å². The fourth-order valence-corrected chi connectivity index (χ4v) is 3.19. The molecule has 0 aromatic carbocycles. The number of hydrogen-bond donors (Lipinski definition) is 1. The van der Waals surface area contributed by atoms with Gasteiger partial charge in [0.1, 0.15) is 0 Å². The van der Waals surface area contributed by atoms with Gasteiger partial charge in [0.2, 0.25) is 0 Å². The summed E-state index contributed by atoms with van der Waals surface area (Å²) < 4.78 is 5.09. The third kappa shape index (κ3) is 5.33. The first-order valence-corrected chi connectivity index (χ1v) is 9.11. The van der Waals surface area contributed by atoms with E-state index in [0.717, 1.165) is 4.88 Å². The normalized spacial score (nSPS) is 15.4. The molecule has 7 heteroatoms. The van der Waals surface area contributed by atoms with Gasteiger partial charge < -0.3 is 15.0 Å². The number of carbonyl (C=O) groups is 3. The van der Waals surface area contributed by atoms with Crippen molar-refractivity contribution in [3.8, 4) is 0 Å². The summed E-state index contributed by atoms with van der Waals surface area (Å²) in [5, 5.41) is 4.59. The molecule has 0 atom stereocenters. The van der Waals surface area contributed by atoms with Gasteiger partial charge >= 0.3 is 5.97 Å². The third-order valence-electron chi connectivity index (χ3n) is 3.90. The van der Waals surface area contributed by atoms with E-state index in [1.165, 1.54) is 11.3 Å². The number of rotatable bonds is 6. The lowest BCUT2D eigenvalue weighted by Crippen LogP contribution is -2.41. The Balaban J connectivity index is 1.71. The molecule has 1 saturated heterocycles. The molecule has 6 nitrogen and oxygen atoms in total. The number of likely N-dealkylation sites (tertiary alicyclic amines) is 1. The molecular weight excluding hydrogens is 328 g/mol. The van der Waals surface area contributed by atoms with Gasteiger partial charge in [-0.2, -0.15) is 0 Å². The number of hydrogen-bond acceptors (Lipinski definition) is 5. The zero-order chi connectivity index (χ0) is 17.5. The van der Waals surface area contributed by atoms with Crippen LogP contribution in [0.1, 0.15) is 36.4 Å². The SMILES string of the molecule is CC(C)CNC(=O)COC(=O)C1CCN(C(=O)c2cccs2)CC1. The molecule has 1 fully saturated rings. The molecule has 1 aliphatic heterocycles. The summed E-state index contributed by atoms with van der Waals surface area (Å²) in [6.45, 7) is 5.40. The monoisotopic (exact) mass is 352 g/mol. The van der Waals surface area contributed by atoms with Crippen molar-refractivity contribution in [2.24, 2.45) is 11.8 Å². The number of piperidine rings is 1. The highest BCUT2D eigenvalue weighted by atomic mass is 32.1. The van der Waals surface area contributed by atoms with Crippen LogP contribution in [0.15, 0.2) is 17.5 Å². The van der Waals surface area contributed by atoms with Crippen LogP contribution in [0.5, 0.6) is 0 Å². The van der Waals surface area contributed by atoms with Gasteiger partial charge in [0.05, 0.1) is 10.8 Å². The van der Waals surface area contributed by atoms with Gasteiger partial charge in [0, 0.05) is 19.6 Å². The summed E-state index contributed by atoms with van der Waals surface area (Å²) in [5.41, 5.74) is 0. The number of esters is 1. The zero-order valence-corrected chi connectivity index (χ0v) is 14.9. The van der Waals surface area contributed by atoms with Crippen molar-refractivity contribution in [1.82, 2.24) is 10.2 Å². The molecule has 0 spiro atoms. The highest BCUT2D eigenvalue weighted by molar-refractivity contribution is 7.12. The van der Waals surface area contributed by atoms with Crippen LogP contribution in [0, 0.1) is 11.8 Å². The van der Waals surface area contributed by atoms with Crippen LogP contribution in [0.4, 0.5) is 0 Å². The van der Waals surface area contributed by atoms with Crippen LogP contribution in [0.3, 0.4) is 0 Å². The van der Waals surface area contributed by atoms with E-state index < -0.39 is 0 Å². The van der Waals surface area contributed by atoms with Crippen LogP contribution in [-0.2, 0) is 14.3 Å². The number of nitrogens with zero attached hydrogens (tertiary/aromatic N) is 1. The van der Waals surface area contributed by atoms with Crippen LogP contribution >= 0.6 is 11.3 Å². The summed E-state index contributed by atoms with van der Waals surface area (Å²) in [7, 11) is 0. The molecule has 132 valence electrons. The molecule has 1 aromatic rings. The van der Waals surface area contributed by atoms with Gasteiger partial charge in [-0.25, -0.2) is 0 Å². The first-order valence-electron chi connectivity index (χ1n) is 8.23. The summed E-state index contributed by atoms with van der Waals surface area (Å²) in [5.74, 6) is -0.490. The van der Waals surface area contributed by atoms with E-state index in [9.17, 15) is 14.4 Å². The van der Waals surface area contributed by atoms with Gasteiger partial charge in [-0.15, -0.1) is 11.3 Å². The number of amides is 2. The molecule has 1 N–H and O–H groups in total. The Bertz CT molecular complexity index is 563. The Morgan fingerprint density at radius 2 is 2.04 bits per heavy atom. The molecule has 0 unspecified atom stereocenters. The molecule has 0 saturated carbocycles. The highest BCUT2D eigenvalue weighted by Gasteiger charge is 2.29. The van der Waals surface area contributed by atoms with E-state index in [-0.39, 0.29) is 30.3 Å². The van der Waals surface area contributed by atoms with Crippen molar-refractivity contribution in [2.45, 2.75) is 26.7 Å². The topological polar surface area (TPSA) is 75.7 Å². The number of ether oxygens (including phenoxy) is 1. The maximum Gasteiger partial charge on any atom is 0.309 e. The minimum atomic E-state index is -0.349. The standard InChI is InChI=1S/C17H24N2O4S/c1-12(2)10-18-15(20)11-23-17(22)13-5-7-19(8-6-13)16(21)14-4-3-9-24-14/h3-4,9,12-13H,5-8,10-11H2,1-2H3,(H,18,20). The van der Waals surface area contributed by atoms with E-state index in [1.807, 2.05) is 31.4 Å². The second kappa shape index (κ2) is 8.82. The fourth-order valence-electron chi connectivity index (χ4n) is 2.50. The second-order valence-corrected chi connectivity index (χ2v) is 7.30. The van der Waals surface area contributed by atoms with Crippen LogP contribution in [-0.4, -0.2) is 48.9 Å². The largest absolute Gasteiger partial charge is 0.455 e. The predicted octanol–water partition coefficient (Wildman–Crippen LogP) is 1.92. The van der Waals surface area contributed by atoms with Crippen LogP contribution in [0.2, 0.25) is 0 Å². The van der Waals surface area contributed by atoms with E-state index in [2.05, 4.69) is 5.32 Å². The molecule has 2 rings (SSSR count). The lowest BCUT2D eigenvalue weighted by Gasteiger charge is -2.30. The van der Waals surface area contributed by atoms with Crippen molar-refractivity contribution in [3.63, 3.8) is 0 Å². The lowest BCUT2D eigenvalue weighted by atomic mass is 9.97. The number of nitrogens with one attached hydrogen (secondary N) is 1. The van der Waals surface area contributed by atoms with Crippen molar-refractivity contribution in [1.29, 1.82) is 0 Å². The first-order chi connectivity index (χ1) is 11.5. The molecule has 0 aliphatic carbocycles. The number of carbonyl (C=O) groups excluding carboxylic acids is 3. The Morgan fingerprint density at radius 1 is 1.33 bits per heavy atom. The average molecular weight is 352 g/mol. The molecule has 0 radical (unpaired) electrons. The molecule has 2 heterocycles. The molecule has 0 bridgehead atoms. The summed E-state index contributed by atoms with van der Waals surface area (Å²) >= 11 is 1.42. The smallest absolute Gasteiger partial charge is 0.309 e. The van der Waals surface area contributed by atoms with Gasteiger partial charge in [-0.05, 0) is 30.2 Å². The zero-order valence-electron chi connectivity index (χ0n) is 14.1. The summed E-state index contributed by atoms with van der Waals surface area (Å²) in [4.78, 5) is 38.3. The van der Waals surface area contributed by atoms with Gasteiger partial charge in [0.15, 0.2) is 6.61 Å². The van der Waals surface area contributed by atoms with E-state index in [1.54, 1.807) is 4.90 Å². The van der Waals surface area contributed by atoms with E-state index in [4.69, 9.17) is 4.74 Å². The van der Waals surface area contributed by atoms with Crippen molar-refractivity contribution in [2.75, 3.05) is 26.2 Å². The Kier molecular flexibility index (Phi) is 6.78. The summed E-state index contributed by atoms with van der Waals surface area (Å²) in [6.07, 6.45) is 1.15. The molecule has 1 aliphatic rings. The molecule has 1 aromatic heterocycles. The lowest BCUT2D eigenvalue weighted by molar-refractivity contribution is -0.153.